The minimum Gasteiger partial charge on any atom is -0.481 e. The third kappa shape index (κ3) is 3.70. The normalized spacial score (nSPS) is 32.6. The number of aliphatic hydroxyl groups excluding tert-OH is 1. The smallest absolute Gasteiger partial charge is 0.309 e. The van der Waals surface area contributed by atoms with E-state index in [2.05, 4.69) is 5.32 Å². The number of carbonyl (C=O) groups is 2. The van der Waals surface area contributed by atoms with Gasteiger partial charge < -0.3 is 21.3 Å². The number of nitrogens with two attached hydrogens (primary N) is 1. The maximum atomic E-state index is 11.2. The van der Waals surface area contributed by atoms with Crippen LogP contribution in [-0.4, -0.2) is 40.3 Å². The molecule has 0 saturated heterocycles. The van der Waals surface area contributed by atoms with Crippen LogP contribution in [0.1, 0.15) is 40.0 Å². The first kappa shape index (κ1) is 16.9. The van der Waals surface area contributed by atoms with Gasteiger partial charge in [-0.15, -0.1) is 0 Å². The second kappa shape index (κ2) is 7.04. The van der Waals surface area contributed by atoms with Crippen LogP contribution in [0, 0.1) is 17.8 Å². The molecular weight excluding hydrogens is 260 g/mol. The van der Waals surface area contributed by atoms with Crippen molar-refractivity contribution in [2.75, 3.05) is 0 Å². The summed E-state index contributed by atoms with van der Waals surface area (Å²) in [6, 6.07) is -0.482. The quantitative estimate of drug-likeness (QED) is 0.562. The second-order valence-electron chi connectivity index (χ2n) is 5.85. The number of hydrogen-bond acceptors (Lipinski definition) is 4. The average Bonchev–Trinajstić information content (AvgIpc) is 2.61. The lowest BCUT2D eigenvalue weighted by atomic mass is 9.78. The summed E-state index contributed by atoms with van der Waals surface area (Å²) in [6.45, 7) is 5.36. The Morgan fingerprint density at radius 3 is 2.45 bits per heavy atom. The van der Waals surface area contributed by atoms with Gasteiger partial charge in [0, 0.05) is 24.9 Å². The van der Waals surface area contributed by atoms with Gasteiger partial charge in [0.25, 0.3) is 0 Å². The molecule has 0 bridgehead atoms. The molecule has 5 N–H and O–H groups in total. The van der Waals surface area contributed by atoms with Crippen LogP contribution < -0.4 is 11.1 Å². The Balaban J connectivity index is 2.90. The molecule has 1 rings (SSSR count). The van der Waals surface area contributed by atoms with Crippen LogP contribution in [0.2, 0.25) is 0 Å². The predicted octanol–water partition coefficient (Wildman–Crippen LogP) is 0.336. The molecule has 6 heteroatoms. The zero-order valence-electron chi connectivity index (χ0n) is 12.4. The monoisotopic (exact) mass is 286 g/mol. The molecule has 1 fully saturated rings. The fraction of sp³-hybridized carbons (Fsp3) is 0.857. The highest BCUT2D eigenvalue weighted by molar-refractivity contribution is 5.73. The fourth-order valence-electron chi connectivity index (χ4n) is 3.47. The largest absolute Gasteiger partial charge is 0.481 e. The van der Waals surface area contributed by atoms with Crippen LogP contribution in [0.5, 0.6) is 0 Å². The number of carboxylic acid groups (broad SMARTS) is 1. The molecule has 0 aromatic rings. The van der Waals surface area contributed by atoms with Crippen LogP contribution >= 0.6 is 0 Å². The summed E-state index contributed by atoms with van der Waals surface area (Å²) in [7, 11) is 0. The van der Waals surface area contributed by atoms with Crippen LogP contribution in [0.25, 0.3) is 0 Å². The van der Waals surface area contributed by atoms with E-state index in [4.69, 9.17) is 10.8 Å². The van der Waals surface area contributed by atoms with Gasteiger partial charge in [0.1, 0.15) is 0 Å². The van der Waals surface area contributed by atoms with E-state index in [0.717, 1.165) is 12.8 Å². The molecule has 6 atom stereocenters. The molecule has 0 radical (unpaired) electrons. The summed E-state index contributed by atoms with van der Waals surface area (Å²) in [5, 5.41) is 22.3. The average molecular weight is 286 g/mol. The van der Waals surface area contributed by atoms with Gasteiger partial charge in [-0.1, -0.05) is 13.3 Å². The maximum absolute atomic E-state index is 11.2. The SMILES string of the molecule is CCCC(C(C)NC(C)=O)C1C(N)C[C@H](C(=O)O)C1O. The molecule has 0 aromatic carbocycles. The van der Waals surface area contributed by atoms with Crippen molar-refractivity contribution < 1.29 is 19.8 Å². The van der Waals surface area contributed by atoms with Crippen LogP contribution in [0.4, 0.5) is 0 Å². The number of amides is 1. The summed E-state index contributed by atoms with van der Waals surface area (Å²) in [5.74, 6) is -2.25. The fourth-order valence-corrected chi connectivity index (χ4v) is 3.47. The lowest BCUT2D eigenvalue weighted by Gasteiger charge is -2.34. The summed E-state index contributed by atoms with van der Waals surface area (Å²) in [5.41, 5.74) is 6.06. The van der Waals surface area contributed by atoms with Crippen molar-refractivity contribution in [3.63, 3.8) is 0 Å². The molecule has 0 spiro atoms. The highest BCUT2D eigenvalue weighted by atomic mass is 16.4. The van der Waals surface area contributed by atoms with Crippen molar-refractivity contribution in [1.82, 2.24) is 5.32 Å². The van der Waals surface area contributed by atoms with Crippen molar-refractivity contribution in [3.05, 3.63) is 0 Å². The van der Waals surface area contributed by atoms with E-state index < -0.39 is 18.0 Å². The van der Waals surface area contributed by atoms with E-state index in [1.54, 1.807) is 0 Å². The Morgan fingerprint density at radius 1 is 1.45 bits per heavy atom. The molecule has 1 amide bonds. The molecule has 0 aromatic heterocycles. The van der Waals surface area contributed by atoms with E-state index in [1.165, 1.54) is 6.92 Å². The van der Waals surface area contributed by atoms with Gasteiger partial charge in [-0.3, -0.25) is 9.59 Å². The molecule has 5 unspecified atom stereocenters. The number of hydrogen-bond donors (Lipinski definition) is 4. The van der Waals surface area contributed by atoms with E-state index >= 15 is 0 Å². The van der Waals surface area contributed by atoms with E-state index in [0.29, 0.717) is 0 Å². The van der Waals surface area contributed by atoms with Crippen molar-refractivity contribution in [2.24, 2.45) is 23.5 Å². The predicted molar refractivity (Wildman–Crippen MR) is 74.9 cm³/mol. The second-order valence-corrected chi connectivity index (χ2v) is 5.85. The third-order valence-corrected chi connectivity index (χ3v) is 4.33. The lowest BCUT2D eigenvalue weighted by molar-refractivity contribution is -0.145. The summed E-state index contributed by atoms with van der Waals surface area (Å²) in [6.07, 6.45) is 1.02. The Morgan fingerprint density at radius 2 is 2.05 bits per heavy atom. The highest BCUT2D eigenvalue weighted by Crippen LogP contribution is 2.39. The number of carboxylic acids is 1. The van der Waals surface area contributed by atoms with Gasteiger partial charge in [-0.25, -0.2) is 0 Å². The third-order valence-electron chi connectivity index (χ3n) is 4.33. The molecule has 1 saturated carbocycles. The zero-order chi connectivity index (χ0) is 15.4. The minimum absolute atomic E-state index is 0.0155. The molecule has 0 aliphatic heterocycles. The highest BCUT2D eigenvalue weighted by Gasteiger charge is 2.48. The number of aliphatic carboxylic acids is 1. The van der Waals surface area contributed by atoms with Crippen molar-refractivity contribution in [2.45, 2.75) is 58.2 Å². The summed E-state index contributed by atoms with van der Waals surface area (Å²) >= 11 is 0. The number of rotatable bonds is 6. The number of nitrogens with one attached hydrogen (secondary N) is 1. The Labute approximate surface area is 119 Å². The van der Waals surface area contributed by atoms with Crippen LogP contribution in [-0.2, 0) is 9.59 Å². The van der Waals surface area contributed by atoms with Crippen LogP contribution in [0.3, 0.4) is 0 Å². The molecule has 6 nitrogen and oxygen atoms in total. The van der Waals surface area contributed by atoms with E-state index in [-0.39, 0.29) is 36.2 Å². The van der Waals surface area contributed by atoms with Gasteiger partial charge in [-0.2, -0.15) is 0 Å². The molecule has 116 valence electrons. The topological polar surface area (TPSA) is 113 Å². The first-order valence-corrected chi connectivity index (χ1v) is 7.23. The van der Waals surface area contributed by atoms with E-state index in [1.807, 2.05) is 13.8 Å². The van der Waals surface area contributed by atoms with Crippen molar-refractivity contribution >= 4 is 11.9 Å². The zero-order valence-corrected chi connectivity index (χ0v) is 12.4. The minimum atomic E-state index is -1.00. The first-order chi connectivity index (χ1) is 9.29. The van der Waals surface area contributed by atoms with Gasteiger partial charge >= 0.3 is 5.97 Å². The van der Waals surface area contributed by atoms with Gasteiger partial charge in [0.15, 0.2) is 0 Å². The van der Waals surface area contributed by atoms with Gasteiger partial charge in [-0.05, 0) is 25.7 Å². The van der Waals surface area contributed by atoms with Crippen LogP contribution in [0.15, 0.2) is 0 Å². The Hall–Kier alpha value is -1.14. The van der Waals surface area contributed by atoms with Crippen molar-refractivity contribution in [3.8, 4) is 0 Å². The molecular formula is C14H26N2O4. The molecule has 0 heterocycles. The van der Waals surface area contributed by atoms with Gasteiger partial charge in [0.05, 0.1) is 12.0 Å². The first-order valence-electron chi connectivity index (χ1n) is 7.23. The molecule has 1 aliphatic carbocycles. The molecule has 1 aliphatic rings. The Bertz CT molecular complexity index is 361. The summed E-state index contributed by atoms with van der Waals surface area (Å²) in [4.78, 5) is 22.4. The number of carbonyl (C=O) groups excluding carboxylic acids is 1. The Kier molecular flexibility index (Phi) is 5.95. The van der Waals surface area contributed by atoms with E-state index in [9.17, 15) is 14.7 Å². The molecule has 20 heavy (non-hydrogen) atoms. The standard InChI is InChI=1S/C14H26N2O4/c1-4-5-9(7(2)16-8(3)17)12-11(15)6-10(13(12)18)14(19)20/h7,9-13,18H,4-6,15H2,1-3H3,(H,16,17)(H,19,20)/t7?,9?,10-,11?,12?,13?/m0/s1. The lowest BCUT2D eigenvalue weighted by Crippen LogP contribution is -2.47. The van der Waals surface area contributed by atoms with Crippen molar-refractivity contribution in [1.29, 1.82) is 0 Å². The summed E-state index contributed by atoms with van der Waals surface area (Å²) < 4.78 is 0. The number of aliphatic hydroxyl groups is 1. The maximum Gasteiger partial charge on any atom is 0.309 e. The van der Waals surface area contributed by atoms with Gasteiger partial charge in [0.2, 0.25) is 5.91 Å².